The van der Waals surface area contributed by atoms with Crippen LogP contribution in [-0.4, -0.2) is 35.7 Å². The van der Waals surface area contributed by atoms with Gasteiger partial charge in [0.15, 0.2) is 5.54 Å². The molecule has 2 N–H and O–H groups in total. The summed E-state index contributed by atoms with van der Waals surface area (Å²) in [5.74, 6) is -1.77. The zero-order valence-electron chi connectivity index (χ0n) is 11.4. The zero-order valence-corrected chi connectivity index (χ0v) is 11.4. The molecule has 0 spiro atoms. The smallest absolute Gasteiger partial charge is 0.416 e. The first-order valence-corrected chi connectivity index (χ1v) is 6.51. The third-order valence-corrected chi connectivity index (χ3v) is 3.46. The minimum Gasteiger partial charge on any atom is -0.479 e. The van der Waals surface area contributed by atoms with Crippen LogP contribution >= 0.6 is 0 Å². The quantitative estimate of drug-likeness (QED) is 0.884. The van der Waals surface area contributed by atoms with Crippen molar-refractivity contribution in [3.8, 4) is 0 Å². The minimum atomic E-state index is -4.44. The molecule has 1 heterocycles. The third kappa shape index (κ3) is 3.56. The average molecular weight is 317 g/mol. The lowest BCUT2D eigenvalue weighted by atomic mass is 9.98. The summed E-state index contributed by atoms with van der Waals surface area (Å²) in [6, 6.07) is 4.16. The number of aliphatic carboxylic acids is 1. The SMILES string of the molecule is O=C(Cc1ccc(C(F)(F)F)cc1)NC1(C(=O)O)CCOC1. The number of carbonyl (C=O) groups is 2. The monoisotopic (exact) mass is 317 g/mol. The maximum atomic E-state index is 12.4. The molecule has 1 amide bonds. The number of benzene rings is 1. The Morgan fingerprint density at radius 2 is 1.91 bits per heavy atom. The molecule has 1 saturated heterocycles. The number of hydrogen-bond acceptors (Lipinski definition) is 3. The standard InChI is InChI=1S/C14H14F3NO4/c15-14(16,17)10-3-1-9(2-4-10)7-11(19)18-13(12(20)21)5-6-22-8-13/h1-4H,5-8H2,(H,18,19)(H,20,21). The third-order valence-electron chi connectivity index (χ3n) is 3.46. The van der Waals surface area contributed by atoms with Crippen molar-refractivity contribution in [2.24, 2.45) is 0 Å². The number of rotatable bonds is 4. The van der Waals surface area contributed by atoms with Crippen LogP contribution in [0.25, 0.3) is 0 Å². The molecular formula is C14H14F3NO4. The molecule has 22 heavy (non-hydrogen) atoms. The van der Waals surface area contributed by atoms with Gasteiger partial charge in [0.2, 0.25) is 5.91 Å². The highest BCUT2D eigenvalue weighted by atomic mass is 19.4. The van der Waals surface area contributed by atoms with Gasteiger partial charge in [-0.3, -0.25) is 4.79 Å². The van der Waals surface area contributed by atoms with Gasteiger partial charge in [0.05, 0.1) is 18.6 Å². The van der Waals surface area contributed by atoms with Crippen molar-refractivity contribution < 1.29 is 32.6 Å². The Bertz CT molecular complexity index is 562. The Kier molecular flexibility index (Phi) is 4.41. The summed E-state index contributed by atoms with van der Waals surface area (Å²) in [6.07, 6.45) is -4.48. The van der Waals surface area contributed by atoms with E-state index in [2.05, 4.69) is 5.32 Å². The van der Waals surface area contributed by atoms with Crippen LogP contribution < -0.4 is 5.32 Å². The van der Waals surface area contributed by atoms with E-state index < -0.39 is 29.2 Å². The first-order chi connectivity index (χ1) is 10.2. The average Bonchev–Trinajstić information content (AvgIpc) is 2.88. The van der Waals surface area contributed by atoms with Gasteiger partial charge in [-0.2, -0.15) is 13.2 Å². The van der Waals surface area contributed by atoms with Crippen molar-refractivity contribution in [3.05, 3.63) is 35.4 Å². The highest BCUT2D eigenvalue weighted by molar-refractivity contribution is 5.88. The molecule has 1 atom stereocenters. The van der Waals surface area contributed by atoms with Crippen LogP contribution in [0.15, 0.2) is 24.3 Å². The Labute approximate surface area is 124 Å². The van der Waals surface area contributed by atoms with E-state index in [1.54, 1.807) is 0 Å². The predicted octanol–water partition coefficient (Wildman–Crippen LogP) is 1.61. The summed E-state index contributed by atoms with van der Waals surface area (Å²) >= 11 is 0. The number of amides is 1. The van der Waals surface area contributed by atoms with Gasteiger partial charge < -0.3 is 15.2 Å². The fourth-order valence-electron chi connectivity index (χ4n) is 2.19. The molecule has 1 fully saturated rings. The molecule has 0 bridgehead atoms. The van der Waals surface area contributed by atoms with Gasteiger partial charge in [0.1, 0.15) is 0 Å². The van der Waals surface area contributed by atoms with E-state index in [0.717, 1.165) is 12.1 Å². The van der Waals surface area contributed by atoms with E-state index in [1.807, 2.05) is 0 Å². The van der Waals surface area contributed by atoms with Crippen molar-refractivity contribution in [1.82, 2.24) is 5.32 Å². The van der Waals surface area contributed by atoms with Gasteiger partial charge in [-0.25, -0.2) is 4.79 Å². The molecule has 0 aliphatic carbocycles. The van der Waals surface area contributed by atoms with Crippen molar-refractivity contribution in [3.63, 3.8) is 0 Å². The second-order valence-corrected chi connectivity index (χ2v) is 5.11. The molecule has 5 nitrogen and oxygen atoms in total. The Hall–Kier alpha value is -2.09. The van der Waals surface area contributed by atoms with Gasteiger partial charge in [0.25, 0.3) is 0 Å². The maximum Gasteiger partial charge on any atom is 0.416 e. The molecule has 0 radical (unpaired) electrons. The van der Waals surface area contributed by atoms with Crippen LogP contribution in [0.3, 0.4) is 0 Å². The summed E-state index contributed by atoms with van der Waals surface area (Å²) in [5.41, 5.74) is -1.89. The number of carbonyl (C=O) groups excluding carboxylic acids is 1. The van der Waals surface area contributed by atoms with Crippen LogP contribution in [0.4, 0.5) is 13.2 Å². The maximum absolute atomic E-state index is 12.4. The van der Waals surface area contributed by atoms with Crippen LogP contribution in [-0.2, 0) is 26.9 Å². The van der Waals surface area contributed by atoms with Crippen molar-refractivity contribution >= 4 is 11.9 Å². The Morgan fingerprint density at radius 3 is 2.36 bits per heavy atom. The predicted molar refractivity (Wildman–Crippen MR) is 69.1 cm³/mol. The van der Waals surface area contributed by atoms with E-state index in [0.29, 0.717) is 5.56 Å². The second kappa shape index (κ2) is 5.96. The van der Waals surface area contributed by atoms with E-state index in [1.165, 1.54) is 12.1 Å². The highest BCUT2D eigenvalue weighted by Gasteiger charge is 2.43. The topological polar surface area (TPSA) is 75.6 Å². The lowest BCUT2D eigenvalue weighted by molar-refractivity contribution is -0.147. The van der Waals surface area contributed by atoms with Crippen LogP contribution in [0.2, 0.25) is 0 Å². The Balaban J connectivity index is 2.01. The van der Waals surface area contributed by atoms with Crippen LogP contribution in [0, 0.1) is 0 Å². The molecular weight excluding hydrogens is 303 g/mol. The molecule has 1 aromatic rings. The lowest BCUT2D eigenvalue weighted by Crippen LogP contribution is -2.55. The summed E-state index contributed by atoms with van der Waals surface area (Å²) in [6.45, 7) is 0.105. The normalized spacial score (nSPS) is 21.6. The molecule has 1 aliphatic rings. The zero-order chi connectivity index (χ0) is 16.4. The molecule has 1 unspecified atom stereocenters. The molecule has 0 saturated carbocycles. The first kappa shape index (κ1) is 16.3. The fourth-order valence-corrected chi connectivity index (χ4v) is 2.19. The van der Waals surface area contributed by atoms with Crippen molar-refractivity contribution in [1.29, 1.82) is 0 Å². The summed E-state index contributed by atoms with van der Waals surface area (Å²) in [5, 5.41) is 11.6. The van der Waals surface area contributed by atoms with Crippen LogP contribution in [0.5, 0.6) is 0 Å². The largest absolute Gasteiger partial charge is 0.479 e. The number of nitrogens with one attached hydrogen (secondary N) is 1. The first-order valence-electron chi connectivity index (χ1n) is 6.51. The van der Waals surface area contributed by atoms with Crippen molar-refractivity contribution in [2.75, 3.05) is 13.2 Å². The number of carboxylic acids is 1. The van der Waals surface area contributed by atoms with E-state index in [4.69, 9.17) is 4.74 Å². The molecule has 120 valence electrons. The highest BCUT2D eigenvalue weighted by Crippen LogP contribution is 2.29. The van der Waals surface area contributed by atoms with Gasteiger partial charge in [0, 0.05) is 13.0 Å². The van der Waals surface area contributed by atoms with E-state index >= 15 is 0 Å². The molecule has 1 aromatic carbocycles. The number of ether oxygens (including phenoxy) is 1. The number of hydrogen-bond donors (Lipinski definition) is 2. The number of alkyl halides is 3. The number of halogens is 3. The molecule has 8 heteroatoms. The summed E-state index contributed by atoms with van der Waals surface area (Å²) in [7, 11) is 0. The number of carboxylic acid groups (broad SMARTS) is 1. The summed E-state index contributed by atoms with van der Waals surface area (Å²) < 4.78 is 42.3. The fraction of sp³-hybridized carbons (Fsp3) is 0.429. The van der Waals surface area contributed by atoms with Gasteiger partial charge in [-0.1, -0.05) is 12.1 Å². The van der Waals surface area contributed by atoms with Gasteiger partial charge in [-0.05, 0) is 17.7 Å². The van der Waals surface area contributed by atoms with Gasteiger partial charge >= 0.3 is 12.1 Å². The summed E-state index contributed by atoms with van der Waals surface area (Å²) in [4.78, 5) is 23.2. The lowest BCUT2D eigenvalue weighted by Gasteiger charge is -2.23. The van der Waals surface area contributed by atoms with Gasteiger partial charge in [-0.15, -0.1) is 0 Å². The Morgan fingerprint density at radius 1 is 1.27 bits per heavy atom. The van der Waals surface area contributed by atoms with E-state index in [9.17, 15) is 27.9 Å². The molecule has 2 rings (SSSR count). The van der Waals surface area contributed by atoms with Crippen LogP contribution in [0.1, 0.15) is 17.5 Å². The second-order valence-electron chi connectivity index (χ2n) is 5.11. The minimum absolute atomic E-state index is 0.124. The molecule has 0 aromatic heterocycles. The van der Waals surface area contributed by atoms with E-state index in [-0.39, 0.29) is 26.1 Å². The van der Waals surface area contributed by atoms with Crippen molar-refractivity contribution in [2.45, 2.75) is 24.6 Å². The molecule has 1 aliphatic heterocycles.